The number of anilines is 1. The van der Waals surface area contributed by atoms with Gasteiger partial charge in [0.1, 0.15) is 5.82 Å². The quantitative estimate of drug-likeness (QED) is 0.827. The maximum absolute atomic E-state index is 13.8. The van der Waals surface area contributed by atoms with Crippen molar-refractivity contribution < 1.29 is 13.9 Å². The molecule has 0 N–H and O–H groups in total. The molecule has 0 unspecified atom stereocenters. The van der Waals surface area contributed by atoms with E-state index in [1.165, 1.54) is 17.0 Å². The summed E-state index contributed by atoms with van der Waals surface area (Å²) in [4.78, 5) is 16.0. The smallest absolute Gasteiger partial charge is 0.415 e. The Morgan fingerprint density at radius 1 is 1.28 bits per heavy atom. The van der Waals surface area contributed by atoms with Crippen LogP contribution in [-0.2, 0) is 4.74 Å². The van der Waals surface area contributed by atoms with E-state index in [4.69, 9.17) is 4.74 Å². The third-order valence-electron chi connectivity index (χ3n) is 4.61. The normalized spacial score (nSPS) is 17.5. The number of amides is 1. The Labute approximate surface area is 147 Å². The molecule has 2 aromatic rings. The number of hydrogen-bond donors (Lipinski definition) is 0. The van der Waals surface area contributed by atoms with Gasteiger partial charge in [-0.1, -0.05) is 29.8 Å². The van der Waals surface area contributed by atoms with E-state index in [-0.39, 0.29) is 12.0 Å². The lowest BCUT2D eigenvalue weighted by molar-refractivity contribution is 0.0315. The van der Waals surface area contributed by atoms with Crippen LogP contribution in [0.25, 0.3) is 11.1 Å². The van der Waals surface area contributed by atoms with Gasteiger partial charge in [0.25, 0.3) is 0 Å². The molecule has 2 aromatic carbocycles. The van der Waals surface area contributed by atoms with Crippen molar-refractivity contribution in [3.8, 4) is 11.1 Å². The van der Waals surface area contributed by atoms with Crippen LogP contribution >= 0.6 is 0 Å². The number of likely N-dealkylation sites (tertiary alicyclic amines) is 1. The molecule has 1 amide bonds. The molecule has 0 aliphatic carbocycles. The molecule has 1 aliphatic rings. The number of hydrogen-bond acceptors (Lipinski definition) is 3. The molecule has 1 fully saturated rings. The van der Waals surface area contributed by atoms with Gasteiger partial charge in [-0.05, 0) is 50.6 Å². The van der Waals surface area contributed by atoms with Crippen molar-refractivity contribution in [1.29, 1.82) is 0 Å². The summed E-state index contributed by atoms with van der Waals surface area (Å²) >= 11 is 0. The van der Waals surface area contributed by atoms with Crippen LogP contribution in [0.2, 0.25) is 0 Å². The summed E-state index contributed by atoms with van der Waals surface area (Å²) in [7, 11) is 3.60. The number of aryl methyl sites for hydroxylation is 1. The molecule has 25 heavy (non-hydrogen) atoms. The lowest BCUT2D eigenvalue weighted by Gasteiger charge is -2.25. The first-order chi connectivity index (χ1) is 12.0. The van der Waals surface area contributed by atoms with Gasteiger partial charge in [-0.25, -0.2) is 9.18 Å². The van der Waals surface area contributed by atoms with E-state index < -0.39 is 6.09 Å². The van der Waals surface area contributed by atoms with Crippen molar-refractivity contribution in [2.75, 3.05) is 25.5 Å². The van der Waals surface area contributed by atoms with E-state index in [1.807, 2.05) is 43.1 Å². The zero-order valence-corrected chi connectivity index (χ0v) is 14.8. The van der Waals surface area contributed by atoms with Crippen LogP contribution in [0.4, 0.5) is 14.9 Å². The monoisotopic (exact) mass is 342 g/mol. The molecule has 1 atom stereocenters. The first kappa shape index (κ1) is 17.4. The highest BCUT2D eigenvalue weighted by atomic mass is 19.1. The van der Waals surface area contributed by atoms with Gasteiger partial charge in [-0.3, -0.25) is 9.80 Å². The van der Waals surface area contributed by atoms with E-state index in [0.717, 1.165) is 30.5 Å². The molecular weight excluding hydrogens is 319 g/mol. The Morgan fingerprint density at radius 3 is 2.76 bits per heavy atom. The molecule has 4 nitrogen and oxygen atoms in total. The number of halogens is 1. The fraction of sp³-hybridized carbons (Fsp3) is 0.350. The molecule has 132 valence electrons. The molecule has 0 radical (unpaired) electrons. The van der Waals surface area contributed by atoms with Gasteiger partial charge >= 0.3 is 6.09 Å². The van der Waals surface area contributed by atoms with Gasteiger partial charge in [0, 0.05) is 19.2 Å². The van der Waals surface area contributed by atoms with Gasteiger partial charge in [0.15, 0.2) is 6.23 Å². The van der Waals surface area contributed by atoms with E-state index in [0.29, 0.717) is 11.3 Å². The maximum atomic E-state index is 13.8. The number of nitrogens with zero attached hydrogens (tertiary/aromatic N) is 2. The first-order valence-electron chi connectivity index (χ1n) is 8.47. The van der Waals surface area contributed by atoms with E-state index in [1.54, 1.807) is 13.1 Å². The summed E-state index contributed by atoms with van der Waals surface area (Å²) in [6.45, 7) is 2.91. The van der Waals surface area contributed by atoms with Crippen molar-refractivity contribution in [1.82, 2.24) is 4.90 Å². The Hall–Kier alpha value is -2.40. The van der Waals surface area contributed by atoms with Gasteiger partial charge in [-0.2, -0.15) is 0 Å². The summed E-state index contributed by atoms with van der Waals surface area (Å²) in [6.07, 6.45) is 1.23. The third kappa shape index (κ3) is 3.82. The van der Waals surface area contributed by atoms with Crippen LogP contribution in [0.15, 0.2) is 42.5 Å². The maximum Gasteiger partial charge on any atom is 0.415 e. The lowest BCUT2D eigenvalue weighted by atomic mass is 10.0. The average Bonchev–Trinajstić information content (AvgIpc) is 2.99. The van der Waals surface area contributed by atoms with Gasteiger partial charge in [0.05, 0.1) is 5.69 Å². The predicted octanol–water partition coefficient (Wildman–Crippen LogP) is 4.43. The second kappa shape index (κ2) is 7.23. The van der Waals surface area contributed by atoms with Crippen LogP contribution in [0.1, 0.15) is 18.4 Å². The Balaban J connectivity index is 1.89. The van der Waals surface area contributed by atoms with Crippen LogP contribution < -0.4 is 4.90 Å². The molecule has 1 saturated heterocycles. The molecule has 5 heteroatoms. The van der Waals surface area contributed by atoms with Crippen molar-refractivity contribution in [3.05, 3.63) is 53.8 Å². The largest absolute Gasteiger partial charge is 0.430 e. The van der Waals surface area contributed by atoms with Crippen molar-refractivity contribution >= 4 is 11.8 Å². The zero-order valence-electron chi connectivity index (χ0n) is 14.8. The molecular formula is C20H23FN2O2. The molecule has 1 aliphatic heterocycles. The predicted molar refractivity (Wildman–Crippen MR) is 97.1 cm³/mol. The van der Waals surface area contributed by atoms with Crippen LogP contribution in [0.5, 0.6) is 0 Å². The number of ether oxygens (including phenoxy) is 1. The minimum absolute atomic E-state index is 0.196. The van der Waals surface area contributed by atoms with E-state index in [2.05, 4.69) is 0 Å². The fourth-order valence-electron chi connectivity index (χ4n) is 3.17. The standard InChI is InChI=1S/C20H23FN2O2/c1-14-6-4-7-15(12-14)17-13-16(21)9-10-18(17)23(3)20(24)25-19-8-5-11-22(19)2/h4,6-7,9-10,12-13,19H,5,8,11H2,1-3H3/t19-/m0/s1. The summed E-state index contributed by atoms with van der Waals surface area (Å²) in [5.74, 6) is -0.336. The Morgan fingerprint density at radius 2 is 2.08 bits per heavy atom. The van der Waals surface area contributed by atoms with Crippen LogP contribution in [0.3, 0.4) is 0 Å². The van der Waals surface area contributed by atoms with Gasteiger partial charge < -0.3 is 4.74 Å². The minimum Gasteiger partial charge on any atom is -0.430 e. The molecule has 0 aromatic heterocycles. The minimum atomic E-state index is -0.431. The first-order valence-corrected chi connectivity index (χ1v) is 8.47. The molecule has 1 heterocycles. The molecule has 0 bridgehead atoms. The Kier molecular flexibility index (Phi) is 5.04. The molecule has 3 rings (SSSR count). The second-order valence-corrected chi connectivity index (χ2v) is 6.55. The second-order valence-electron chi connectivity index (χ2n) is 6.55. The highest BCUT2D eigenvalue weighted by Gasteiger charge is 2.27. The van der Waals surface area contributed by atoms with Crippen molar-refractivity contribution in [2.24, 2.45) is 0 Å². The number of carbonyl (C=O) groups is 1. The number of rotatable bonds is 3. The molecule has 0 spiro atoms. The SMILES string of the molecule is Cc1cccc(-c2cc(F)ccc2N(C)C(=O)O[C@H]2CCCN2C)c1. The fourth-order valence-corrected chi connectivity index (χ4v) is 3.17. The van der Waals surface area contributed by atoms with Crippen LogP contribution in [0, 0.1) is 12.7 Å². The Bertz CT molecular complexity index is 778. The van der Waals surface area contributed by atoms with Gasteiger partial charge in [-0.15, -0.1) is 0 Å². The van der Waals surface area contributed by atoms with E-state index >= 15 is 0 Å². The topological polar surface area (TPSA) is 32.8 Å². The summed E-state index contributed by atoms with van der Waals surface area (Å²) in [5.41, 5.74) is 3.23. The van der Waals surface area contributed by atoms with Crippen LogP contribution in [-0.4, -0.2) is 37.9 Å². The number of carbonyl (C=O) groups excluding carboxylic acids is 1. The number of benzene rings is 2. The highest BCUT2D eigenvalue weighted by molar-refractivity contribution is 5.93. The molecule has 0 saturated carbocycles. The van der Waals surface area contributed by atoms with E-state index in [9.17, 15) is 9.18 Å². The van der Waals surface area contributed by atoms with Crippen molar-refractivity contribution in [2.45, 2.75) is 26.0 Å². The lowest BCUT2D eigenvalue weighted by Crippen LogP contribution is -2.36. The average molecular weight is 342 g/mol. The highest BCUT2D eigenvalue weighted by Crippen LogP contribution is 2.32. The zero-order chi connectivity index (χ0) is 18.0. The summed E-state index contributed by atoms with van der Waals surface area (Å²) in [6, 6.07) is 12.2. The summed E-state index contributed by atoms with van der Waals surface area (Å²) < 4.78 is 19.4. The third-order valence-corrected chi connectivity index (χ3v) is 4.61. The van der Waals surface area contributed by atoms with Crippen molar-refractivity contribution in [3.63, 3.8) is 0 Å². The summed E-state index contributed by atoms with van der Waals surface area (Å²) in [5, 5.41) is 0. The van der Waals surface area contributed by atoms with Gasteiger partial charge in [0.2, 0.25) is 0 Å².